The van der Waals surface area contributed by atoms with Crippen LogP contribution in [-0.4, -0.2) is 22.7 Å². The van der Waals surface area contributed by atoms with Gasteiger partial charge in [0.1, 0.15) is 11.9 Å². The summed E-state index contributed by atoms with van der Waals surface area (Å²) in [6.45, 7) is 1.60. The number of carbonyl (C=O) groups excluding carboxylic acids is 1. The number of hydrogen-bond donors (Lipinski definition) is 2. The second-order valence-corrected chi connectivity index (χ2v) is 4.50. The molecular weight excluding hydrogens is 217 g/mol. The number of Topliss-reactive ketones (excluding diaryl/α,β-unsaturated/α-hetero) is 1. The third-order valence-corrected chi connectivity index (χ3v) is 3.71. The molecule has 0 aliphatic carbocycles. The summed E-state index contributed by atoms with van der Waals surface area (Å²) < 4.78 is 13.3. The minimum absolute atomic E-state index is 0.101. The van der Waals surface area contributed by atoms with E-state index >= 15 is 0 Å². The first-order chi connectivity index (χ1) is 7.02. The van der Waals surface area contributed by atoms with Gasteiger partial charge in [-0.15, -0.1) is 11.8 Å². The molecule has 0 spiro atoms. The summed E-state index contributed by atoms with van der Waals surface area (Å²) in [4.78, 5) is 12.2. The van der Waals surface area contributed by atoms with Crippen molar-refractivity contribution >= 4 is 23.2 Å². The van der Waals surface area contributed by atoms with Gasteiger partial charge in [0.25, 0.3) is 0 Å². The number of nitrogen functional groups attached to an aromatic ring is 1. The minimum atomic E-state index is -1.03. The van der Waals surface area contributed by atoms with Crippen LogP contribution in [0, 0.1) is 12.7 Å². The van der Waals surface area contributed by atoms with Crippen LogP contribution in [0.3, 0.4) is 0 Å². The lowest BCUT2D eigenvalue weighted by molar-refractivity contribution is 0.0779. The predicted molar refractivity (Wildman–Crippen MR) is 56.6 cm³/mol. The van der Waals surface area contributed by atoms with E-state index in [1.807, 2.05) is 0 Å². The Morgan fingerprint density at radius 1 is 1.67 bits per heavy atom. The summed E-state index contributed by atoms with van der Waals surface area (Å²) in [6.07, 6.45) is -1.03. The molecule has 1 heterocycles. The molecular formula is C10H10FNO2S. The fourth-order valence-electron chi connectivity index (χ4n) is 1.58. The van der Waals surface area contributed by atoms with Crippen LogP contribution in [0.1, 0.15) is 15.9 Å². The van der Waals surface area contributed by atoms with Crippen LogP contribution in [0.25, 0.3) is 0 Å². The quantitative estimate of drug-likeness (QED) is 0.657. The van der Waals surface area contributed by atoms with E-state index in [2.05, 4.69) is 0 Å². The van der Waals surface area contributed by atoms with Gasteiger partial charge in [0.05, 0.1) is 5.56 Å². The molecule has 3 N–H and O–H groups in total. The Labute approximate surface area is 90.5 Å². The highest BCUT2D eigenvalue weighted by Gasteiger charge is 2.30. The van der Waals surface area contributed by atoms with Gasteiger partial charge in [-0.2, -0.15) is 0 Å². The lowest BCUT2D eigenvalue weighted by Gasteiger charge is -2.22. The van der Waals surface area contributed by atoms with Gasteiger partial charge in [-0.1, -0.05) is 0 Å². The number of thioether (sulfide) groups is 1. The number of anilines is 1. The number of hydrogen-bond acceptors (Lipinski definition) is 4. The van der Waals surface area contributed by atoms with Gasteiger partial charge in [0, 0.05) is 16.3 Å². The number of rotatable bonds is 0. The lowest BCUT2D eigenvalue weighted by Crippen LogP contribution is -2.28. The number of benzene rings is 1. The predicted octanol–water partition coefficient (Wildman–Crippen LogP) is 1.37. The lowest BCUT2D eigenvalue weighted by atomic mass is 10.0. The minimum Gasteiger partial charge on any atom is -0.398 e. The first kappa shape index (κ1) is 10.4. The molecule has 5 heteroatoms. The Kier molecular flexibility index (Phi) is 2.44. The van der Waals surface area contributed by atoms with Gasteiger partial charge in [-0.3, -0.25) is 4.79 Å². The van der Waals surface area contributed by atoms with Crippen LogP contribution >= 0.6 is 11.8 Å². The molecule has 2 rings (SSSR count). The molecule has 0 radical (unpaired) electrons. The highest BCUT2D eigenvalue weighted by atomic mass is 32.2. The molecule has 80 valence electrons. The zero-order valence-corrected chi connectivity index (χ0v) is 8.90. The van der Waals surface area contributed by atoms with Gasteiger partial charge < -0.3 is 10.8 Å². The zero-order chi connectivity index (χ0) is 11.2. The smallest absolute Gasteiger partial charge is 0.195 e. The van der Waals surface area contributed by atoms with E-state index in [0.717, 1.165) is 6.07 Å². The third-order valence-electron chi connectivity index (χ3n) is 2.43. The maximum Gasteiger partial charge on any atom is 0.195 e. The molecule has 1 aromatic carbocycles. The van der Waals surface area contributed by atoms with Crippen molar-refractivity contribution in [2.75, 3.05) is 11.5 Å². The van der Waals surface area contributed by atoms with E-state index in [4.69, 9.17) is 5.73 Å². The zero-order valence-electron chi connectivity index (χ0n) is 8.08. The van der Waals surface area contributed by atoms with Crippen molar-refractivity contribution in [3.8, 4) is 0 Å². The molecule has 0 aromatic heterocycles. The van der Waals surface area contributed by atoms with E-state index in [9.17, 15) is 14.3 Å². The molecule has 0 fully saturated rings. The van der Waals surface area contributed by atoms with Crippen molar-refractivity contribution in [2.45, 2.75) is 17.9 Å². The van der Waals surface area contributed by atoms with E-state index in [1.54, 1.807) is 6.92 Å². The van der Waals surface area contributed by atoms with Crippen LogP contribution in [0.5, 0.6) is 0 Å². The summed E-state index contributed by atoms with van der Waals surface area (Å²) >= 11 is 1.26. The third kappa shape index (κ3) is 1.52. The van der Waals surface area contributed by atoms with Gasteiger partial charge in [-0.05, 0) is 18.6 Å². The fraction of sp³-hybridized carbons (Fsp3) is 0.300. The Morgan fingerprint density at radius 3 is 3.00 bits per heavy atom. The number of aliphatic hydroxyl groups excluding tert-OH is 1. The normalized spacial score (nSPS) is 20.2. The van der Waals surface area contributed by atoms with E-state index in [0.29, 0.717) is 10.5 Å². The molecule has 3 nitrogen and oxygen atoms in total. The molecule has 1 atom stereocenters. The van der Waals surface area contributed by atoms with Crippen molar-refractivity contribution in [1.82, 2.24) is 0 Å². The Bertz CT molecular complexity index is 448. The van der Waals surface area contributed by atoms with Crippen LogP contribution in [0.2, 0.25) is 0 Å². The Balaban J connectivity index is 2.69. The average Bonchev–Trinajstić information content (AvgIpc) is 2.18. The Morgan fingerprint density at radius 2 is 2.33 bits per heavy atom. The maximum atomic E-state index is 13.3. The standard InChI is InChI=1S/C10H10FNO2S/c1-4-5(11)2-6(12)8-9(14)7(13)3-15-10(4)8/h2,7,13H,3,12H2,1H3. The summed E-state index contributed by atoms with van der Waals surface area (Å²) in [6, 6.07) is 1.13. The largest absolute Gasteiger partial charge is 0.398 e. The first-order valence-electron chi connectivity index (χ1n) is 4.46. The van der Waals surface area contributed by atoms with Gasteiger partial charge in [0.2, 0.25) is 0 Å². The van der Waals surface area contributed by atoms with Crippen molar-refractivity contribution in [1.29, 1.82) is 0 Å². The number of carbonyl (C=O) groups is 1. The van der Waals surface area contributed by atoms with Gasteiger partial charge >= 0.3 is 0 Å². The topological polar surface area (TPSA) is 63.3 Å². The molecule has 0 bridgehead atoms. The van der Waals surface area contributed by atoms with Gasteiger partial charge in [0.15, 0.2) is 5.78 Å². The van der Waals surface area contributed by atoms with Crippen molar-refractivity contribution in [2.24, 2.45) is 0 Å². The van der Waals surface area contributed by atoms with Crippen LogP contribution in [0.4, 0.5) is 10.1 Å². The number of nitrogens with two attached hydrogens (primary N) is 1. The van der Waals surface area contributed by atoms with Crippen molar-refractivity contribution in [3.05, 3.63) is 23.0 Å². The summed E-state index contributed by atoms with van der Waals surface area (Å²) in [5.74, 6) is -0.567. The molecule has 1 aromatic rings. The van der Waals surface area contributed by atoms with Crippen LogP contribution < -0.4 is 5.73 Å². The van der Waals surface area contributed by atoms with E-state index < -0.39 is 17.7 Å². The Hall–Kier alpha value is -1.07. The molecule has 0 saturated carbocycles. The monoisotopic (exact) mass is 227 g/mol. The molecule has 1 aliphatic rings. The van der Waals surface area contributed by atoms with Crippen molar-refractivity contribution < 1.29 is 14.3 Å². The van der Waals surface area contributed by atoms with E-state index in [1.165, 1.54) is 11.8 Å². The van der Waals surface area contributed by atoms with Gasteiger partial charge in [-0.25, -0.2) is 4.39 Å². The molecule has 1 aliphatic heterocycles. The number of aliphatic hydroxyl groups is 1. The molecule has 1 unspecified atom stereocenters. The molecule has 0 amide bonds. The average molecular weight is 227 g/mol. The second kappa shape index (κ2) is 3.50. The number of fused-ring (bicyclic) bond motifs is 1. The highest BCUT2D eigenvalue weighted by Crippen LogP contribution is 2.37. The highest BCUT2D eigenvalue weighted by molar-refractivity contribution is 7.99. The number of halogens is 1. The maximum absolute atomic E-state index is 13.3. The van der Waals surface area contributed by atoms with Crippen LogP contribution in [-0.2, 0) is 0 Å². The molecule has 0 saturated heterocycles. The molecule has 15 heavy (non-hydrogen) atoms. The van der Waals surface area contributed by atoms with E-state index in [-0.39, 0.29) is 17.0 Å². The summed E-state index contributed by atoms with van der Waals surface area (Å²) in [7, 11) is 0. The second-order valence-electron chi connectivity index (χ2n) is 3.47. The fourth-order valence-corrected chi connectivity index (χ4v) is 2.74. The van der Waals surface area contributed by atoms with Crippen molar-refractivity contribution in [3.63, 3.8) is 0 Å². The summed E-state index contributed by atoms with van der Waals surface area (Å²) in [5.41, 5.74) is 6.36. The first-order valence-corrected chi connectivity index (χ1v) is 5.44. The SMILES string of the molecule is Cc1c(F)cc(N)c2c1SCC(O)C2=O. The number of ketones is 1. The van der Waals surface area contributed by atoms with Crippen LogP contribution in [0.15, 0.2) is 11.0 Å². The summed E-state index contributed by atoms with van der Waals surface area (Å²) in [5, 5.41) is 9.39.